The van der Waals surface area contributed by atoms with Crippen molar-refractivity contribution in [3.63, 3.8) is 0 Å². The van der Waals surface area contributed by atoms with Gasteiger partial charge in [-0.25, -0.2) is 0 Å². The van der Waals surface area contributed by atoms with Gasteiger partial charge in [0.25, 0.3) is 5.24 Å². The van der Waals surface area contributed by atoms with Crippen molar-refractivity contribution >= 4 is 33.8 Å². The molecule has 1 aromatic heterocycles. The number of hydrogen-bond donors (Lipinski definition) is 1. The van der Waals surface area contributed by atoms with Crippen LogP contribution in [0.25, 0.3) is 10.9 Å². The second kappa shape index (κ2) is 5.66. The Bertz CT molecular complexity index is 782. The van der Waals surface area contributed by atoms with Crippen molar-refractivity contribution in [2.24, 2.45) is 0 Å². The van der Waals surface area contributed by atoms with E-state index in [1.807, 2.05) is 37.4 Å². The molecule has 1 saturated heterocycles. The lowest BCUT2D eigenvalue weighted by Crippen LogP contribution is -2.25. The summed E-state index contributed by atoms with van der Waals surface area (Å²) in [6.45, 7) is 2.44. The second-order valence-corrected chi connectivity index (χ2v) is 5.99. The van der Waals surface area contributed by atoms with Gasteiger partial charge in [-0.05, 0) is 25.0 Å². The van der Waals surface area contributed by atoms with Crippen LogP contribution in [0.15, 0.2) is 30.5 Å². The molecule has 4 nitrogen and oxygen atoms in total. The van der Waals surface area contributed by atoms with Gasteiger partial charge in [-0.2, -0.15) is 0 Å². The van der Waals surface area contributed by atoms with Crippen LogP contribution in [-0.4, -0.2) is 21.0 Å². The summed E-state index contributed by atoms with van der Waals surface area (Å²) in [7, 11) is 0. The highest BCUT2D eigenvalue weighted by molar-refractivity contribution is 8.15. The SMILES string of the molecule is CC#CCn1cc(CC2SC(=O)NC2=O)c2ccccc21. The molecule has 21 heavy (non-hydrogen) atoms. The molecule has 0 aliphatic carbocycles. The Kier molecular flexibility index (Phi) is 3.72. The molecule has 1 atom stereocenters. The summed E-state index contributed by atoms with van der Waals surface area (Å²) in [5, 5.41) is 2.85. The molecular weight excluding hydrogens is 284 g/mol. The molecule has 0 saturated carbocycles. The van der Waals surface area contributed by atoms with Gasteiger partial charge in [0.2, 0.25) is 5.91 Å². The number of carbonyl (C=O) groups excluding carboxylic acids is 2. The minimum atomic E-state index is -0.339. The van der Waals surface area contributed by atoms with Gasteiger partial charge in [0.05, 0.1) is 11.8 Å². The summed E-state index contributed by atoms with van der Waals surface area (Å²) in [5.74, 6) is 5.75. The number of fused-ring (bicyclic) bond motifs is 1. The maximum absolute atomic E-state index is 11.7. The van der Waals surface area contributed by atoms with Crippen LogP contribution in [0, 0.1) is 11.8 Å². The van der Waals surface area contributed by atoms with Gasteiger partial charge in [0.15, 0.2) is 0 Å². The molecule has 1 fully saturated rings. The predicted molar refractivity (Wildman–Crippen MR) is 84.0 cm³/mol. The Labute approximate surface area is 126 Å². The summed E-state index contributed by atoms with van der Waals surface area (Å²) < 4.78 is 2.08. The topological polar surface area (TPSA) is 51.1 Å². The normalized spacial score (nSPS) is 17.7. The van der Waals surface area contributed by atoms with E-state index in [0.29, 0.717) is 13.0 Å². The van der Waals surface area contributed by atoms with Crippen LogP contribution in [0.1, 0.15) is 12.5 Å². The van der Waals surface area contributed by atoms with Crippen molar-refractivity contribution in [3.05, 3.63) is 36.0 Å². The van der Waals surface area contributed by atoms with Crippen molar-refractivity contribution in [1.29, 1.82) is 0 Å². The van der Waals surface area contributed by atoms with E-state index in [1.165, 1.54) is 0 Å². The predicted octanol–water partition coefficient (Wildman–Crippen LogP) is 2.56. The Morgan fingerprint density at radius 1 is 1.33 bits per heavy atom. The van der Waals surface area contributed by atoms with Gasteiger partial charge in [-0.15, -0.1) is 5.92 Å². The molecule has 3 rings (SSSR count). The fourth-order valence-corrected chi connectivity index (χ4v) is 3.35. The maximum Gasteiger partial charge on any atom is 0.286 e. The molecule has 0 spiro atoms. The molecule has 1 aromatic carbocycles. The average Bonchev–Trinajstić information content (AvgIpc) is 2.98. The van der Waals surface area contributed by atoms with Crippen LogP contribution in [0.2, 0.25) is 0 Å². The van der Waals surface area contributed by atoms with E-state index in [2.05, 4.69) is 21.7 Å². The molecule has 106 valence electrons. The molecular formula is C16H14N2O2S. The van der Waals surface area contributed by atoms with Gasteiger partial charge >= 0.3 is 0 Å². The molecule has 2 heterocycles. The summed E-state index contributed by atoms with van der Waals surface area (Å²) in [5.41, 5.74) is 2.18. The molecule has 0 radical (unpaired) electrons. The number of rotatable bonds is 3. The smallest absolute Gasteiger partial charge is 0.286 e. The Morgan fingerprint density at radius 2 is 2.14 bits per heavy atom. The van der Waals surface area contributed by atoms with Gasteiger partial charge in [0, 0.05) is 17.1 Å². The van der Waals surface area contributed by atoms with E-state index in [1.54, 1.807) is 0 Å². The summed E-state index contributed by atoms with van der Waals surface area (Å²) in [6, 6.07) is 8.06. The van der Waals surface area contributed by atoms with Crippen LogP contribution < -0.4 is 5.32 Å². The Hall–Kier alpha value is -2.19. The van der Waals surface area contributed by atoms with Crippen LogP contribution in [0.3, 0.4) is 0 Å². The molecule has 1 aliphatic rings. The van der Waals surface area contributed by atoms with E-state index < -0.39 is 0 Å². The largest absolute Gasteiger partial charge is 0.336 e. The highest BCUT2D eigenvalue weighted by Crippen LogP contribution is 2.28. The molecule has 1 unspecified atom stereocenters. The van der Waals surface area contributed by atoms with Crippen LogP contribution in [-0.2, 0) is 17.8 Å². The number of para-hydroxylation sites is 1. The van der Waals surface area contributed by atoms with E-state index in [0.717, 1.165) is 28.2 Å². The number of carbonyl (C=O) groups is 2. The first-order valence-corrected chi connectivity index (χ1v) is 7.55. The molecule has 1 aliphatic heterocycles. The first kappa shape index (κ1) is 13.8. The zero-order chi connectivity index (χ0) is 14.8. The Morgan fingerprint density at radius 3 is 2.86 bits per heavy atom. The Balaban J connectivity index is 1.96. The number of nitrogens with one attached hydrogen (secondary N) is 1. The number of thioether (sulfide) groups is 1. The minimum Gasteiger partial charge on any atom is -0.336 e. The standard InChI is InChI=1S/C16H14N2O2S/c1-2-3-8-18-10-11(12-6-4-5-7-13(12)18)9-14-15(19)17-16(20)21-14/h4-7,10,14H,8-9H2,1H3,(H,17,19,20). The summed E-state index contributed by atoms with van der Waals surface area (Å²) in [4.78, 5) is 23.0. The van der Waals surface area contributed by atoms with Crippen molar-refractivity contribution < 1.29 is 9.59 Å². The third-order valence-electron chi connectivity index (χ3n) is 3.47. The number of imide groups is 1. The highest BCUT2D eigenvalue weighted by Gasteiger charge is 2.32. The van der Waals surface area contributed by atoms with Gasteiger partial charge in [-0.1, -0.05) is 35.9 Å². The molecule has 0 bridgehead atoms. The number of hydrogen-bond acceptors (Lipinski definition) is 3. The fourth-order valence-electron chi connectivity index (χ4n) is 2.51. The lowest BCUT2D eigenvalue weighted by atomic mass is 10.1. The van der Waals surface area contributed by atoms with Crippen molar-refractivity contribution in [2.45, 2.75) is 25.1 Å². The number of aromatic nitrogens is 1. The van der Waals surface area contributed by atoms with Crippen molar-refractivity contribution in [1.82, 2.24) is 9.88 Å². The van der Waals surface area contributed by atoms with Gasteiger partial charge < -0.3 is 4.57 Å². The van der Waals surface area contributed by atoms with Gasteiger partial charge in [0.1, 0.15) is 0 Å². The third-order valence-corrected chi connectivity index (χ3v) is 4.45. The second-order valence-electron chi connectivity index (χ2n) is 4.81. The zero-order valence-electron chi connectivity index (χ0n) is 11.6. The lowest BCUT2D eigenvalue weighted by Gasteiger charge is -2.03. The highest BCUT2D eigenvalue weighted by atomic mass is 32.2. The van der Waals surface area contributed by atoms with Crippen LogP contribution in [0.5, 0.6) is 0 Å². The summed E-state index contributed by atoms with van der Waals surface area (Å²) in [6.07, 6.45) is 2.58. The van der Waals surface area contributed by atoms with E-state index in [-0.39, 0.29) is 16.4 Å². The third kappa shape index (κ3) is 2.67. The van der Waals surface area contributed by atoms with Crippen LogP contribution in [0.4, 0.5) is 4.79 Å². The summed E-state index contributed by atoms with van der Waals surface area (Å²) >= 11 is 1.07. The van der Waals surface area contributed by atoms with Gasteiger partial charge in [-0.3, -0.25) is 14.9 Å². The number of nitrogens with zero attached hydrogens (tertiary/aromatic N) is 1. The van der Waals surface area contributed by atoms with Crippen molar-refractivity contribution in [2.75, 3.05) is 0 Å². The quantitative estimate of drug-likeness (QED) is 0.886. The zero-order valence-corrected chi connectivity index (χ0v) is 12.4. The lowest BCUT2D eigenvalue weighted by molar-refractivity contribution is -0.118. The van der Waals surface area contributed by atoms with E-state index in [4.69, 9.17) is 0 Å². The first-order valence-electron chi connectivity index (χ1n) is 6.67. The molecule has 1 N–H and O–H groups in total. The fraction of sp³-hybridized carbons (Fsp3) is 0.250. The monoisotopic (exact) mass is 298 g/mol. The molecule has 5 heteroatoms. The van der Waals surface area contributed by atoms with Crippen LogP contribution >= 0.6 is 11.8 Å². The molecule has 2 amide bonds. The molecule has 2 aromatic rings. The average molecular weight is 298 g/mol. The number of amides is 2. The minimum absolute atomic E-state index is 0.199. The van der Waals surface area contributed by atoms with E-state index in [9.17, 15) is 9.59 Å². The maximum atomic E-state index is 11.7. The van der Waals surface area contributed by atoms with Crippen molar-refractivity contribution in [3.8, 4) is 11.8 Å². The van der Waals surface area contributed by atoms with E-state index >= 15 is 0 Å². The first-order chi connectivity index (χ1) is 10.2. The number of benzene rings is 1.